The van der Waals surface area contributed by atoms with Gasteiger partial charge in [-0.15, -0.1) is 0 Å². The van der Waals surface area contributed by atoms with Crippen LogP contribution in [0.4, 0.5) is 0 Å². The van der Waals surface area contributed by atoms with Gasteiger partial charge in [0.1, 0.15) is 0 Å². The van der Waals surface area contributed by atoms with Gasteiger partial charge in [0.05, 0.1) is 0 Å². The average molecular weight is 137 g/mol. The van der Waals surface area contributed by atoms with Gasteiger partial charge in [0.25, 0.3) is 0 Å². The molecule has 1 heteroatoms. The lowest BCUT2D eigenvalue weighted by Gasteiger charge is -2.19. The van der Waals surface area contributed by atoms with Crippen molar-refractivity contribution in [3.63, 3.8) is 0 Å². The van der Waals surface area contributed by atoms with Gasteiger partial charge in [0.15, 0.2) is 0 Å². The minimum atomic E-state index is 0.596. The lowest BCUT2D eigenvalue weighted by molar-refractivity contribution is 0.817. The Morgan fingerprint density at radius 2 is 2.30 bits per heavy atom. The number of rotatable bonds is 0. The van der Waals surface area contributed by atoms with Crippen LogP contribution >= 0.6 is 0 Å². The van der Waals surface area contributed by atoms with Crippen molar-refractivity contribution >= 4 is 5.71 Å². The van der Waals surface area contributed by atoms with Gasteiger partial charge in [0, 0.05) is 18.7 Å². The maximum atomic E-state index is 4.25. The van der Waals surface area contributed by atoms with Crippen LogP contribution in [0, 0.1) is 5.92 Å². The first-order chi connectivity index (χ1) is 4.75. The van der Waals surface area contributed by atoms with Gasteiger partial charge in [0.2, 0.25) is 0 Å². The van der Waals surface area contributed by atoms with Gasteiger partial charge >= 0.3 is 0 Å². The molecule has 1 rings (SSSR count). The molecule has 10 heavy (non-hydrogen) atoms. The van der Waals surface area contributed by atoms with E-state index in [-0.39, 0.29) is 0 Å². The van der Waals surface area contributed by atoms with Crippen molar-refractivity contribution in [2.75, 3.05) is 7.05 Å². The molecule has 0 aromatic carbocycles. The topological polar surface area (TPSA) is 12.4 Å². The summed E-state index contributed by atoms with van der Waals surface area (Å²) in [5, 5.41) is 0. The quantitative estimate of drug-likeness (QED) is 0.455. The van der Waals surface area contributed by atoms with Crippen LogP contribution in [0.15, 0.2) is 16.6 Å². The third-order valence-corrected chi connectivity index (χ3v) is 2.34. The van der Waals surface area contributed by atoms with Gasteiger partial charge in [-0.1, -0.05) is 18.6 Å². The molecular weight excluding hydrogens is 122 g/mol. The summed E-state index contributed by atoms with van der Waals surface area (Å²) in [6, 6.07) is 0. The molecule has 0 aromatic heterocycles. The summed E-state index contributed by atoms with van der Waals surface area (Å²) in [7, 11) is 1.89. The van der Waals surface area contributed by atoms with Crippen molar-refractivity contribution in [3.05, 3.63) is 11.6 Å². The summed E-state index contributed by atoms with van der Waals surface area (Å²) in [6.07, 6.45) is 4.66. The Hall–Kier alpha value is -0.590. The fourth-order valence-electron chi connectivity index (χ4n) is 1.41. The molecule has 0 saturated carbocycles. The Kier molecular flexibility index (Phi) is 2.25. The molecule has 1 unspecified atom stereocenters. The number of hydrogen-bond acceptors (Lipinski definition) is 1. The summed E-state index contributed by atoms with van der Waals surface area (Å²) in [5.41, 5.74) is 2.84. The van der Waals surface area contributed by atoms with E-state index >= 15 is 0 Å². The van der Waals surface area contributed by atoms with Crippen molar-refractivity contribution < 1.29 is 0 Å². The highest BCUT2D eigenvalue weighted by Crippen LogP contribution is 2.21. The highest BCUT2D eigenvalue weighted by atomic mass is 14.7. The van der Waals surface area contributed by atoms with Crippen molar-refractivity contribution in [1.82, 2.24) is 0 Å². The molecule has 0 aromatic rings. The highest BCUT2D eigenvalue weighted by Gasteiger charge is 2.14. The van der Waals surface area contributed by atoms with Crippen molar-refractivity contribution in [2.45, 2.75) is 26.7 Å². The Balaban J connectivity index is 2.78. The molecule has 0 amide bonds. The third-order valence-electron chi connectivity index (χ3n) is 2.34. The van der Waals surface area contributed by atoms with E-state index in [1.54, 1.807) is 0 Å². The lowest BCUT2D eigenvalue weighted by atomic mass is 9.88. The highest BCUT2D eigenvalue weighted by molar-refractivity contribution is 5.89. The number of allylic oxidation sites excluding steroid dienone is 2. The van der Waals surface area contributed by atoms with Gasteiger partial charge in [-0.25, -0.2) is 0 Å². The molecular formula is C9H15N. The van der Waals surface area contributed by atoms with Crippen LogP contribution in [0.25, 0.3) is 0 Å². The summed E-state index contributed by atoms with van der Waals surface area (Å²) in [6.45, 7) is 4.42. The zero-order chi connectivity index (χ0) is 7.56. The molecule has 1 aliphatic rings. The van der Waals surface area contributed by atoms with E-state index in [1.165, 1.54) is 17.7 Å². The molecule has 0 spiro atoms. The monoisotopic (exact) mass is 137 g/mol. The van der Waals surface area contributed by atoms with Gasteiger partial charge in [-0.05, 0) is 19.8 Å². The maximum absolute atomic E-state index is 4.25. The molecule has 0 heterocycles. The van der Waals surface area contributed by atoms with Crippen LogP contribution in [0.3, 0.4) is 0 Å². The molecule has 0 saturated heterocycles. The second-order valence-electron chi connectivity index (χ2n) is 2.92. The fourth-order valence-corrected chi connectivity index (χ4v) is 1.41. The molecule has 56 valence electrons. The van der Waals surface area contributed by atoms with Crippen LogP contribution in [0.2, 0.25) is 0 Å². The normalized spacial score (nSPS) is 30.5. The predicted molar refractivity (Wildman–Crippen MR) is 45.5 cm³/mol. The van der Waals surface area contributed by atoms with Crippen LogP contribution in [-0.2, 0) is 0 Å². The van der Waals surface area contributed by atoms with E-state index in [0.717, 1.165) is 6.42 Å². The Morgan fingerprint density at radius 1 is 1.60 bits per heavy atom. The minimum absolute atomic E-state index is 0.596. The van der Waals surface area contributed by atoms with Crippen molar-refractivity contribution in [1.29, 1.82) is 0 Å². The molecule has 1 aliphatic carbocycles. The average Bonchev–Trinajstić information content (AvgIpc) is 1.95. The zero-order valence-electron chi connectivity index (χ0n) is 7.02. The Labute approximate surface area is 62.9 Å². The molecule has 0 radical (unpaired) electrons. The largest absolute Gasteiger partial charge is 0.297 e. The van der Waals surface area contributed by atoms with Crippen LogP contribution in [0.1, 0.15) is 26.7 Å². The smallest absolute Gasteiger partial charge is 0.0276 e. The summed E-state index contributed by atoms with van der Waals surface area (Å²) >= 11 is 0. The number of nitrogens with zero attached hydrogens (tertiary/aromatic N) is 1. The SMILES string of the molecule is CN=C1CCC=C(C)C1C. The summed E-state index contributed by atoms with van der Waals surface area (Å²) in [5.74, 6) is 0.596. The van der Waals surface area contributed by atoms with Crippen LogP contribution < -0.4 is 0 Å². The second kappa shape index (κ2) is 3.00. The first-order valence-corrected chi connectivity index (χ1v) is 3.88. The molecule has 0 bridgehead atoms. The van der Waals surface area contributed by atoms with Crippen molar-refractivity contribution in [3.8, 4) is 0 Å². The molecule has 1 nitrogen and oxygen atoms in total. The van der Waals surface area contributed by atoms with Crippen LogP contribution in [0.5, 0.6) is 0 Å². The summed E-state index contributed by atoms with van der Waals surface area (Å²) < 4.78 is 0. The van der Waals surface area contributed by atoms with Crippen molar-refractivity contribution in [2.24, 2.45) is 10.9 Å². The number of aliphatic imine (C=N–C) groups is 1. The van der Waals surface area contributed by atoms with E-state index in [2.05, 4.69) is 24.9 Å². The molecule has 1 atom stereocenters. The maximum Gasteiger partial charge on any atom is 0.0276 e. The second-order valence-corrected chi connectivity index (χ2v) is 2.92. The van der Waals surface area contributed by atoms with Gasteiger partial charge < -0.3 is 0 Å². The van der Waals surface area contributed by atoms with Gasteiger partial charge in [-0.3, -0.25) is 4.99 Å². The number of hydrogen-bond donors (Lipinski definition) is 0. The minimum Gasteiger partial charge on any atom is -0.297 e. The fraction of sp³-hybridized carbons (Fsp3) is 0.667. The van der Waals surface area contributed by atoms with E-state index in [1.807, 2.05) is 7.05 Å². The third kappa shape index (κ3) is 1.28. The zero-order valence-corrected chi connectivity index (χ0v) is 7.02. The van der Waals surface area contributed by atoms with Crippen LogP contribution in [-0.4, -0.2) is 12.8 Å². The van der Waals surface area contributed by atoms with E-state index in [0.29, 0.717) is 5.92 Å². The molecule has 0 fully saturated rings. The van der Waals surface area contributed by atoms with E-state index < -0.39 is 0 Å². The Bertz CT molecular complexity index is 177. The summed E-state index contributed by atoms with van der Waals surface area (Å²) in [4.78, 5) is 4.25. The first-order valence-electron chi connectivity index (χ1n) is 3.88. The first kappa shape index (κ1) is 7.52. The predicted octanol–water partition coefficient (Wildman–Crippen LogP) is 2.43. The standard InChI is InChI=1S/C9H15N/c1-7-5-4-6-9(10-3)8(7)2/h5,8H,4,6H2,1-3H3. The Morgan fingerprint density at radius 3 is 2.80 bits per heavy atom. The van der Waals surface area contributed by atoms with E-state index in [4.69, 9.17) is 0 Å². The van der Waals surface area contributed by atoms with E-state index in [9.17, 15) is 0 Å². The van der Waals surface area contributed by atoms with Gasteiger partial charge in [-0.2, -0.15) is 0 Å². The molecule has 0 N–H and O–H groups in total. The lowest BCUT2D eigenvalue weighted by Crippen LogP contribution is -2.15. The molecule has 0 aliphatic heterocycles.